The maximum Gasteiger partial charge on any atom is 0.352 e. The molecule has 2 aliphatic rings. The molecular weight excluding hydrogens is 606 g/mol. The SMILES string of the molecule is N=c1scc(C(=NOCC(=O)O)C(=O)N[C@@H]2C(=O)N3C(C(=O)O)=C(CSc4cc(N)c5nnnn5n4)CS[C@@H]23)n1O. The van der Waals surface area contributed by atoms with Gasteiger partial charge in [0.15, 0.2) is 5.71 Å². The molecule has 214 valence electrons. The lowest BCUT2D eigenvalue weighted by molar-refractivity contribution is -0.150. The van der Waals surface area contributed by atoms with Gasteiger partial charge < -0.3 is 31.3 Å². The minimum absolute atomic E-state index is 0.157. The Bertz CT molecular complexity index is 1710. The van der Waals surface area contributed by atoms with Crippen LogP contribution in [-0.2, 0) is 24.0 Å². The van der Waals surface area contributed by atoms with E-state index in [1.807, 2.05) is 0 Å². The van der Waals surface area contributed by atoms with Crippen LogP contribution >= 0.6 is 34.9 Å². The molecule has 3 aromatic heterocycles. The normalized spacial score (nSPS) is 18.7. The van der Waals surface area contributed by atoms with Crippen molar-refractivity contribution in [2.45, 2.75) is 16.4 Å². The first-order chi connectivity index (χ1) is 19.6. The largest absolute Gasteiger partial charge is 0.479 e. The van der Waals surface area contributed by atoms with E-state index in [2.05, 4.69) is 35.9 Å². The molecule has 0 aromatic carbocycles. The van der Waals surface area contributed by atoms with Crippen molar-refractivity contribution in [1.29, 1.82) is 5.41 Å². The zero-order chi connectivity index (χ0) is 29.4. The number of nitrogens with zero attached hydrogens (tertiary/aromatic N) is 8. The maximum atomic E-state index is 13.1. The van der Waals surface area contributed by atoms with E-state index < -0.39 is 47.5 Å². The fraction of sp³-hybridized carbons (Fsp3) is 0.263. The number of aromatic nitrogens is 6. The molecule has 41 heavy (non-hydrogen) atoms. The van der Waals surface area contributed by atoms with Crippen LogP contribution in [0.4, 0.5) is 5.69 Å². The van der Waals surface area contributed by atoms with Crippen molar-refractivity contribution in [3.8, 4) is 0 Å². The van der Waals surface area contributed by atoms with Gasteiger partial charge in [-0.2, -0.15) is 4.73 Å². The molecule has 1 saturated heterocycles. The molecule has 0 bridgehead atoms. The zero-order valence-corrected chi connectivity index (χ0v) is 22.6. The number of oxime groups is 1. The molecule has 2 atom stereocenters. The molecule has 3 aromatic rings. The number of tetrazole rings is 1. The Morgan fingerprint density at radius 1 is 1.34 bits per heavy atom. The number of rotatable bonds is 10. The Morgan fingerprint density at radius 3 is 2.80 bits per heavy atom. The van der Waals surface area contributed by atoms with Crippen molar-refractivity contribution in [2.75, 3.05) is 23.8 Å². The number of carbonyl (C=O) groups is 4. The second-order valence-electron chi connectivity index (χ2n) is 8.18. The third-order valence-corrected chi connectivity index (χ3v) is 8.68. The molecule has 0 spiro atoms. The van der Waals surface area contributed by atoms with E-state index in [0.29, 0.717) is 15.3 Å². The van der Waals surface area contributed by atoms with Crippen LogP contribution in [0.25, 0.3) is 5.65 Å². The number of nitrogens with one attached hydrogen (secondary N) is 2. The number of aliphatic carboxylic acids is 2. The van der Waals surface area contributed by atoms with Crippen molar-refractivity contribution >= 4 is 75.7 Å². The molecule has 0 radical (unpaired) electrons. The number of carbonyl (C=O) groups excluding carboxylic acids is 2. The lowest BCUT2D eigenvalue weighted by Gasteiger charge is -2.49. The Labute approximate surface area is 239 Å². The number of amides is 2. The number of fused-ring (bicyclic) bond motifs is 2. The second kappa shape index (κ2) is 11.1. The van der Waals surface area contributed by atoms with Gasteiger partial charge >= 0.3 is 11.9 Å². The number of carboxylic acid groups (broad SMARTS) is 2. The number of anilines is 1. The van der Waals surface area contributed by atoms with E-state index >= 15 is 0 Å². The van der Waals surface area contributed by atoms with E-state index in [0.717, 1.165) is 20.9 Å². The Hall–Kier alpha value is -4.70. The van der Waals surface area contributed by atoms with Crippen LogP contribution < -0.4 is 15.9 Å². The summed E-state index contributed by atoms with van der Waals surface area (Å²) in [6, 6.07) is 0.383. The van der Waals surface area contributed by atoms with Gasteiger partial charge in [-0.15, -0.1) is 37.9 Å². The topological polar surface area (TPSA) is 277 Å². The van der Waals surface area contributed by atoms with Crippen LogP contribution in [0, 0.1) is 5.41 Å². The summed E-state index contributed by atoms with van der Waals surface area (Å²) in [5, 5.41) is 58.3. The van der Waals surface area contributed by atoms with Crippen molar-refractivity contribution in [1.82, 2.24) is 40.2 Å². The summed E-state index contributed by atoms with van der Waals surface area (Å²) in [7, 11) is 0. The number of nitrogens with two attached hydrogens (primary N) is 1. The summed E-state index contributed by atoms with van der Waals surface area (Å²) in [5.74, 6) is -4.06. The van der Waals surface area contributed by atoms with Crippen LogP contribution in [0.3, 0.4) is 0 Å². The van der Waals surface area contributed by atoms with Gasteiger partial charge in [0.05, 0.1) is 5.69 Å². The van der Waals surface area contributed by atoms with Gasteiger partial charge in [0, 0.05) is 16.9 Å². The van der Waals surface area contributed by atoms with E-state index in [9.17, 15) is 29.5 Å². The predicted octanol–water partition coefficient (Wildman–Crippen LogP) is -1.98. The quantitative estimate of drug-likeness (QED) is 0.0469. The number of hydrogen-bond donors (Lipinski definition) is 6. The van der Waals surface area contributed by atoms with Gasteiger partial charge in [-0.25, -0.2) is 9.59 Å². The van der Waals surface area contributed by atoms with Gasteiger partial charge in [0.25, 0.3) is 11.8 Å². The first-order valence-corrected chi connectivity index (χ1v) is 14.0. The highest BCUT2D eigenvalue weighted by Crippen LogP contribution is 2.41. The number of β-lactam (4-membered cyclic amide) rings is 1. The third-order valence-electron chi connectivity index (χ3n) is 5.62. The Kier molecular flexibility index (Phi) is 7.51. The summed E-state index contributed by atoms with van der Waals surface area (Å²) in [6.07, 6.45) is 0. The van der Waals surface area contributed by atoms with Crippen molar-refractivity contribution in [3.63, 3.8) is 0 Å². The van der Waals surface area contributed by atoms with Crippen LogP contribution in [0.2, 0.25) is 0 Å². The van der Waals surface area contributed by atoms with Gasteiger partial charge in [-0.3, -0.25) is 19.9 Å². The fourth-order valence-electron chi connectivity index (χ4n) is 3.81. The lowest BCUT2D eigenvalue weighted by atomic mass is 10.0. The summed E-state index contributed by atoms with van der Waals surface area (Å²) < 4.78 is 1.48. The van der Waals surface area contributed by atoms with Crippen molar-refractivity contribution < 1.29 is 39.4 Å². The first-order valence-electron chi connectivity index (χ1n) is 11.1. The summed E-state index contributed by atoms with van der Waals surface area (Å²) in [4.78, 5) is 54.5. The fourth-order valence-corrected chi connectivity index (χ4v) is 6.83. The second-order valence-corrected chi connectivity index (χ2v) is 11.1. The molecule has 0 saturated carbocycles. The number of hydrogen-bond acceptors (Lipinski definition) is 16. The lowest BCUT2D eigenvalue weighted by Crippen LogP contribution is -2.71. The van der Waals surface area contributed by atoms with Crippen molar-refractivity contribution in [2.24, 2.45) is 5.16 Å². The van der Waals surface area contributed by atoms with E-state index in [-0.39, 0.29) is 39.0 Å². The number of nitrogen functional groups attached to an aromatic ring is 1. The minimum atomic E-state index is -1.38. The Balaban J connectivity index is 1.33. The first kappa shape index (κ1) is 27.9. The number of carboxylic acids is 2. The van der Waals surface area contributed by atoms with Gasteiger partial charge in [-0.1, -0.05) is 16.9 Å². The van der Waals surface area contributed by atoms with Crippen LogP contribution in [0.5, 0.6) is 0 Å². The monoisotopic (exact) mass is 623 g/mol. The highest BCUT2D eigenvalue weighted by molar-refractivity contribution is 8.01. The van der Waals surface area contributed by atoms with Crippen LogP contribution in [0.15, 0.2) is 32.9 Å². The predicted molar refractivity (Wildman–Crippen MR) is 139 cm³/mol. The van der Waals surface area contributed by atoms with Crippen LogP contribution in [-0.4, -0.2) is 109 Å². The minimum Gasteiger partial charge on any atom is -0.479 e. The van der Waals surface area contributed by atoms with Gasteiger partial charge in [-0.05, 0) is 22.1 Å². The zero-order valence-electron chi connectivity index (χ0n) is 20.2. The third kappa shape index (κ3) is 5.26. The van der Waals surface area contributed by atoms with E-state index in [1.54, 1.807) is 6.07 Å². The standard InChI is InChI=1S/C19H17N11O8S3/c20-7-1-9(24-30-14(7)23-26-27-30)39-3-6-4-40-17-12(16(34)28(17)13(6)18(35)36)22-15(33)11(25-38-2-10(31)32)8-5-41-19(21)29(8)37/h1,5,12,17,21,37H,2-4,20H2,(H,22,33)(H,31,32)(H,35,36)/t12-,17+/m1/s1. The molecule has 2 amide bonds. The average molecular weight is 624 g/mol. The van der Waals surface area contributed by atoms with Crippen LogP contribution in [0.1, 0.15) is 5.69 Å². The summed E-state index contributed by atoms with van der Waals surface area (Å²) in [6.45, 7) is -0.895. The highest BCUT2D eigenvalue weighted by atomic mass is 32.2. The molecule has 22 heteroatoms. The summed E-state index contributed by atoms with van der Waals surface area (Å²) in [5.41, 5.74) is 5.83. The average Bonchev–Trinajstić information content (AvgIpc) is 3.54. The highest BCUT2D eigenvalue weighted by Gasteiger charge is 2.54. The van der Waals surface area contributed by atoms with E-state index in [4.69, 9.17) is 16.2 Å². The molecule has 2 aliphatic heterocycles. The number of thiazole rings is 1. The molecule has 7 N–H and O–H groups in total. The van der Waals surface area contributed by atoms with Gasteiger partial charge in [0.2, 0.25) is 17.1 Å². The Morgan fingerprint density at radius 2 is 2.12 bits per heavy atom. The molecule has 0 unspecified atom stereocenters. The molecular formula is C19H17N11O8S3. The smallest absolute Gasteiger partial charge is 0.352 e. The molecule has 1 fully saturated rings. The number of thioether (sulfide) groups is 2. The molecule has 5 rings (SSSR count). The van der Waals surface area contributed by atoms with Crippen molar-refractivity contribution in [3.05, 3.63) is 33.2 Å². The van der Waals surface area contributed by atoms with Gasteiger partial charge in [0.1, 0.15) is 27.8 Å². The molecule has 5 heterocycles. The summed E-state index contributed by atoms with van der Waals surface area (Å²) >= 11 is 3.14. The molecule has 19 nitrogen and oxygen atoms in total. The maximum absolute atomic E-state index is 13.1. The van der Waals surface area contributed by atoms with E-state index in [1.165, 1.54) is 28.9 Å². The molecule has 0 aliphatic carbocycles.